The van der Waals surface area contributed by atoms with Crippen molar-refractivity contribution in [3.05, 3.63) is 0 Å². The fourth-order valence-electron chi connectivity index (χ4n) is 2.85. The van der Waals surface area contributed by atoms with Crippen molar-refractivity contribution < 1.29 is 14.3 Å². The van der Waals surface area contributed by atoms with E-state index in [9.17, 15) is 9.59 Å². The number of ether oxygens (including phenoxy) is 1. The molecule has 0 spiro atoms. The Kier molecular flexibility index (Phi) is 5.37. The molecule has 2 fully saturated rings. The number of hydrogen-bond acceptors (Lipinski definition) is 4. The molecule has 6 nitrogen and oxygen atoms in total. The molecule has 0 aliphatic carbocycles. The van der Waals surface area contributed by atoms with E-state index in [1.54, 1.807) is 23.9 Å². The van der Waals surface area contributed by atoms with Gasteiger partial charge < -0.3 is 19.9 Å². The summed E-state index contributed by atoms with van der Waals surface area (Å²) in [4.78, 5) is 27.5. The molecule has 2 aliphatic heterocycles. The van der Waals surface area contributed by atoms with Gasteiger partial charge in [-0.15, -0.1) is 0 Å². The van der Waals surface area contributed by atoms with Gasteiger partial charge in [0.1, 0.15) is 12.6 Å². The quantitative estimate of drug-likeness (QED) is 0.778. The summed E-state index contributed by atoms with van der Waals surface area (Å²) in [6.07, 6.45) is 3.73. The summed E-state index contributed by atoms with van der Waals surface area (Å²) in [6.45, 7) is 2.66. The standard InChI is InChI=1S/C14H25N3O3/c1-16(2)14(19)12-4-3-9-17(12)13(18)10-20-11-5-7-15-8-6-11/h11-12,15H,3-10H2,1-2H3. The molecule has 2 saturated heterocycles. The van der Waals surface area contributed by atoms with E-state index in [1.165, 1.54) is 0 Å². The number of nitrogens with zero attached hydrogens (tertiary/aromatic N) is 2. The number of nitrogens with one attached hydrogen (secondary N) is 1. The summed E-state index contributed by atoms with van der Waals surface area (Å²) in [5.41, 5.74) is 0. The first-order valence-electron chi connectivity index (χ1n) is 7.42. The number of amides is 2. The predicted octanol–water partition coefficient (Wildman–Crippen LogP) is -0.166. The van der Waals surface area contributed by atoms with Crippen molar-refractivity contribution >= 4 is 11.8 Å². The highest BCUT2D eigenvalue weighted by atomic mass is 16.5. The van der Waals surface area contributed by atoms with Crippen LogP contribution in [0.4, 0.5) is 0 Å². The minimum Gasteiger partial charge on any atom is -0.368 e. The number of carbonyl (C=O) groups excluding carboxylic acids is 2. The molecular formula is C14H25N3O3. The molecular weight excluding hydrogens is 258 g/mol. The molecule has 1 atom stereocenters. The van der Waals surface area contributed by atoms with Crippen molar-refractivity contribution in [3.63, 3.8) is 0 Å². The summed E-state index contributed by atoms with van der Waals surface area (Å²) >= 11 is 0. The van der Waals surface area contributed by atoms with E-state index in [-0.39, 0.29) is 30.6 Å². The molecule has 20 heavy (non-hydrogen) atoms. The minimum absolute atomic E-state index is 0.0118. The average molecular weight is 283 g/mol. The Labute approximate surface area is 120 Å². The maximum absolute atomic E-state index is 12.2. The van der Waals surface area contributed by atoms with Crippen molar-refractivity contribution in [2.45, 2.75) is 37.8 Å². The summed E-state index contributed by atoms with van der Waals surface area (Å²) in [6, 6.07) is -0.297. The van der Waals surface area contributed by atoms with Gasteiger partial charge in [-0.1, -0.05) is 0 Å². The zero-order valence-electron chi connectivity index (χ0n) is 12.4. The van der Waals surface area contributed by atoms with Crippen LogP contribution >= 0.6 is 0 Å². The maximum Gasteiger partial charge on any atom is 0.249 e. The highest BCUT2D eigenvalue weighted by molar-refractivity contribution is 5.88. The van der Waals surface area contributed by atoms with Crippen molar-refractivity contribution in [3.8, 4) is 0 Å². The van der Waals surface area contributed by atoms with E-state index in [1.807, 2.05) is 0 Å². The Morgan fingerprint density at radius 3 is 2.60 bits per heavy atom. The zero-order valence-corrected chi connectivity index (χ0v) is 12.4. The number of carbonyl (C=O) groups is 2. The van der Waals surface area contributed by atoms with Gasteiger partial charge in [0.05, 0.1) is 6.10 Å². The first kappa shape index (κ1) is 15.3. The normalized spacial score (nSPS) is 23.9. The molecule has 2 aliphatic rings. The van der Waals surface area contributed by atoms with E-state index < -0.39 is 0 Å². The average Bonchev–Trinajstić information content (AvgIpc) is 2.94. The van der Waals surface area contributed by atoms with Gasteiger partial charge in [0, 0.05) is 20.6 Å². The Balaban J connectivity index is 1.82. The van der Waals surface area contributed by atoms with Gasteiger partial charge in [-0.25, -0.2) is 0 Å². The van der Waals surface area contributed by atoms with Crippen molar-refractivity contribution in [2.24, 2.45) is 0 Å². The first-order valence-corrected chi connectivity index (χ1v) is 7.42. The smallest absolute Gasteiger partial charge is 0.249 e. The molecule has 1 unspecified atom stereocenters. The highest BCUT2D eigenvalue weighted by Crippen LogP contribution is 2.19. The van der Waals surface area contributed by atoms with Crippen LogP contribution in [0.15, 0.2) is 0 Å². The molecule has 1 N–H and O–H groups in total. The monoisotopic (exact) mass is 283 g/mol. The lowest BCUT2D eigenvalue weighted by Crippen LogP contribution is -2.47. The summed E-state index contributed by atoms with van der Waals surface area (Å²) in [5, 5.41) is 3.27. The van der Waals surface area contributed by atoms with E-state index in [2.05, 4.69) is 5.32 Å². The molecule has 0 saturated carbocycles. The maximum atomic E-state index is 12.2. The van der Waals surface area contributed by atoms with Gasteiger partial charge in [-0.05, 0) is 38.8 Å². The largest absolute Gasteiger partial charge is 0.368 e. The van der Waals surface area contributed by atoms with Crippen LogP contribution in [0, 0.1) is 0 Å². The Bertz CT molecular complexity index is 354. The number of likely N-dealkylation sites (N-methyl/N-ethyl adjacent to an activating group) is 1. The van der Waals surface area contributed by atoms with Gasteiger partial charge >= 0.3 is 0 Å². The summed E-state index contributed by atoms with van der Waals surface area (Å²) in [7, 11) is 3.46. The summed E-state index contributed by atoms with van der Waals surface area (Å²) in [5.74, 6) is -0.0426. The van der Waals surface area contributed by atoms with Crippen LogP contribution in [0.25, 0.3) is 0 Å². The highest BCUT2D eigenvalue weighted by Gasteiger charge is 2.35. The lowest BCUT2D eigenvalue weighted by molar-refractivity contribution is -0.146. The van der Waals surface area contributed by atoms with Gasteiger partial charge in [0.15, 0.2) is 0 Å². The third-order valence-electron chi connectivity index (χ3n) is 4.03. The Morgan fingerprint density at radius 1 is 1.25 bits per heavy atom. The lowest BCUT2D eigenvalue weighted by atomic mass is 10.1. The molecule has 0 aromatic rings. The topological polar surface area (TPSA) is 61.9 Å². The molecule has 0 aromatic carbocycles. The second-order valence-electron chi connectivity index (χ2n) is 5.74. The van der Waals surface area contributed by atoms with Crippen LogP contribution in [0.2, 0.25) is 0 Å². The minimum atomic E-state index is -0.297. The first-order chi connectivity index (χ1) is 9.59. The molecule has 0 bridgehead atoms. The third kappa shape index (κ3) is 3.70. The second-order valence-corrected chi connectivity index (χ2v) is 5.74. The van der Waals surface area contributed by atoms with Crippen LogP contribution in [-0.2, 0) is 14.3 Å². The van der Waals surface area contributed by atoms with Crippen LogP contribution in [0.5, 0.6) is 0 Å². The molecule has 2 heterocycles. The Hall–Kier alpha value is -1.14. The summed E-state index contributed by atoms with van der Waals surface area (Å²) < 4.78 is 5.69. The van der Waals surface area contributed by atoms with Crippen LogP contribution < -0.4 is 5.32 Å². The van der Waals surface area contributed by atoms with E-state index in [0.717, 1.165) is 38.8 Å². The number of hydrogen-bond donors (Lipinski definition) is 1. The van der Waals surface area contributed by atoms with E-state index in [4.69, 9.17) is 4.74 Å². The van der Waals surface area contributed by atoms with Gasteiger partial charge in [0.25, 0.3) is 0 Å². The van der Waals surface area contributed by atoms with E-state index in [0.29, 0.717) is 6.54 Å². The SMILES string of the molecule is CN(C)C(=O)C1CCCN1C(=O)COC1CCNCC1. The lowest BCUT2D eigenvalue weighted by Gasteiger charge is -2.28. The number of piperidine rings is 1. The molecule has 2 rings (SSSR count). The zero-order chi connectivity index (χ0) is 14.5. The van der Waals surface area contributed by atoms with Crippen LogP contribution in [0.1, 0.15) is 25.7 Å². The fraction of sp³-hybridized carbons (Fsp3) is 0.857. The van der Waals surface area contributed by atoms with Crippen molar-refractivity contribution in [1.82, 2.24) is 15.1 Å². The second kappa shape index (κ2) is 7.04. The number of rotatable bonds is 4. The fourth-order valence-corrected chi connectivity index (χ4v) is 2.85. The molecule has 114 valence electrons. The van der Waals surface area contributed by atoms with Gasteiger partial charge in [-0.2, -0.15) is 0 Å². The van der Waals surface area contributed by atoms with E-state index >= 15 is 0 Å². The van der Waals surface area contributed by atoms with Crippen molar-refractivity contribution in [1.29, 1.82) is 0 Å². The molecule has 6 heteroatoms. The van der Waals surface area contributed by atoms with Gasteiger partial charge in [-0.3, -0.25) is 9.59 Å². The number of likely N-dealkylation sites (tertiary alicyclic amines) is 1. The van der Waals surface area contributed by atoms with Crippen LogP contribution in [0.3, 0.4) is 0 Å². The molecule has 0 radical (unpaired) electrons. The Morgan fingerprint density at radius 2 is 1.95 bits per heavy atom. The van der Waals surface area contributed by atoms with Crippen LogP contribution in [-0.4, -0.2) is 74.1 Å². The molecule has 0 aromatic heterocycles. The predicted molar refractivity (Wildman–Crippen MR) is 75.3 cm³/mol. The van der Waals surface area contributed by atoms with Gasteiger partial charge in [0.2, 0.25) is 11.8 Å². The van der Waals surface area contributed by atoms with Crippen molar-refractivity contribution in [2.75, 3.05) is 40.3 Å². The molecule has 2 amide bonds. The third-order valence-corrected chi connectivity index (χ3v) is 4.03.